The highest BCUT2D eigenvalue weighted by Gasteiger charge is 2.28. The van der Waals surface area contributed by atoms with E-state index in [1.54, 1.807) is 16.2 Å². The van der Waals surface area contributed by atoms with Crippen LogP contribution in [0, 0.1) is 5.92 Å². The van der Waals surface area contributed by atoms with E-state index < -0.39 is 0 Å². The first-order chi connectivity index (χ1) is 10.1. The van der Waals surface area contributed by atoms with Gasteiger partial charge in [-0.05, 0) is 23.6 Å². The number of para-hydroxylation sites is 2. The molecule has 0 spiro atoms. The van der Waals surface area contributed by atoms with Gasteiger partial charge in [-0.25, -0.2) is 0 Å². The monoisotopic (exact) mass is 300 g/mol. The largest absolute Gasteiger partial charge is 0.324 e. The second-order valence-corrected chi connectivity index (χ2v) is 6.20. The van der Waals surface area contributed by atoms with Crippen molar-refractivity contribution in [2.24, 2.45) is 5.92 Å². The number of anilines is 2. The summed E-state index contributed by atoms with van der Waals surface area (Å²) in [5.41, 5.74) is 1.48. The molecule has 0 unspecified atom stereocenters. The summed E-state index contributed by atoms with van der Waals surface area (Å²) in [7, 11) is 0. The lowest BCUT2D eigenvalue weighted by Crippen LogP contribution is -2.36. The third-order valence-electron chi connectivity index (χ3n) is 3.56. The minimum Gasteiger partial charge on any atom is -0.324 e. The number of thiophene rings is 1. The smallest absolute Gasteiger partial charge is 0.232 e. The van der Waals surface area contributed by atoms with E-state index in [1.165, 1.54) is 0 Å². The zero-order valence-corrected chi connectivity index (χ0v) is 12.5. The highest BCUT2D eigenvalue weighted by Crippen LogP contribution is 2.30. The van der Waals surface area contributed by atoms with Gasteiger partial charge < -0.3 is 10.2 Å². The van der Waals surface area contributed by atoms with E-state index in [0.29, 0.717) is 18.7 Å². The number of rotatable bonds is 2. The predicted molar refractivity (Wildman–Crippen MR) is 84.6 cm³/mol. The van der Waals surface area contributed by atoms with Crippen LogP contribution in [0.1, 0.15) is 11.8 Å². The second kappa shape index (κ2) is 5.69. The van der Waals surface area contributed by atoms with Crippen LogP contribution in [-0.4, -0.2) is 18.4 Å². The number of hydrogen-bond donors (Lipinski definition) is 1. The van der Waals surface area contributed by atoms with Crippen LogP contribution in [0.5, 0.6) is 0 Å². The number of nitrogens with zero attached hydrogens (tertiary/aromatic N) is 1. The highest BCUT2D eigenvalue weighted by molar-refractivity contribution is 7.10. The Balaban J connectivity index is 1.92. The topological polar surface area (TPSA) is 49.4 Å². The number of nitrogens with one attached hydrogen (secondary N) is 1. The molecule has 0 saturated carbocycles. The number of carbonyl (C=O) groups is 2. The highest BCUT2D eigenvalue weighted by atomic mass is 32.1. The van der Waals surface area contributed by atoms with Gasteiger partial charge in [0, 0.05) is 11.4 Å². The molecule has 0 fully saturated rings. The van der Waals surface area contributed by atoms with Crippen LogP contribution in [0.4, 0.5) is 11.4 Å². The molecule has 21 heavy (non-hydrogen) atoms. The molecule has 0 saturated heterocycles. The molecule has 108 valence electrons. The summed E-state index contributed by atoms with van der Waals surface area (Å²) in [5, 5.41) is 4.85. The van der Waals surface area contributed by atoms with Crippen molar-refractivity contribution in [3.05, 3.63) is 46.7 Å². The van der Waals surface area contributed by atoms with Crippen LogP contribution >= 0.6 is 11.3 Å². The van der Waals surface area contributed by atoms with Gasteiger partial charge in [0.15, 0.2) is 0 Å². The zero-order chi connectivity index (χ0) is 14.8. The molecule has 0 radical (unpaired) electrons. The fraction of sp³-hybridized carbons (Fsp3) is 0.250. The van der Waals surface area contributed by atoms with Crippen LogP contribution in [-0.2, 0) is 16.0 Å². The summed E-state index contributed by atoms with van der Waals surface area (Å²) in [6, 6.07) is 11.3. The minimum atomic E-state index is -0.232. The number of fused-ring (bicyclic) bond motifs is 1. The molecule has 2 heterocycles. The molecule has 1 aliphatic heterocycles. The van der Waals surface area contributed by atoms with Crippen molar-refractivity contribution in [3.63, 3.8) is 0 Å². The van der Waals surface area contributed by atoms with Crippen molar-refractivity contribution in [2.75, 3.05) is 16.8 Å². The Morgan fingerprint density at radius 1 is 1.33 bits per heavy atom. The Morgan fingerprint density at radius 2 is 2.14 bits per heavy atom. The van der Waals surface area contributed by atoms with Gasteiger partial charge in [0.25, 0.3) is 0 Å². The van der Waals surface area contributed by atoms with Crippen molar-refractivity contribution in [1.29, 1.82) is 0 Å². The summed E-state index contributed by atoms with van der Waals surface area (Å²) in [4.78, 5) is 27.4. The van der Waals surface area contributed by atoms with Crippen molar-refractivity contribution in [1.82, 2.24) is 0 Å². The fourth-order valence-electron chi connectivity index (χ4n) is 2.42. The lowest BCUT2D eigenvalue weighted by Gasteiger charge is -2.23. The lowest BCUT2D eigenvalue weighted by molar-refractivity contribution is -0.119. The molecule has 1 aromatic carbocycles. The average Bonchev–Trinajstić information content (AvgIpc) is 2.93. The molecule has 1 atom stereocenters. The third kappa shape index (κ3) is 2.83. The maximum absolute atomic E-state index is 12.6. The van der Waals surface area contributed by atoms with Crippen molar-refractivity contribution >= 4 is 34.5 Å². The first kappa shape index (κ1) is 13.8. The molecule has 3 rings (SSSR count). The summed E-state index contributed by atoms with van der Waals surface area (Å²) < 4.78 is 0. The summed E-state index contributed by atoms with van der Waals surface area (Å²) in [5.74, 6) is -0.258. The summed E-state index contributed by atoms with van der Waals surface area (Å²) in [6.07, 6.45) is 0.368. The molecular formula is C16H16N2O2S. The van der Waals surface area contributed by atoms with Gasteiger partial charge in [-0.2, -0.15) is 0 Å². The molecule has 1 N–H and O–H groups in total. The molecule has 2 aromatic rings. The van der Waals surface area contributed by atoms with Crippen molar-refractivity contribution < 1.29 is 9.59 Å². The zero-order valence-electron chi connectivity index (χ0n) is 11.7. The van der Waals surface area contributed by atoms with Gasteiger partial charge in [-0.15, -0.1) is 11.3 Å². The quantitative estimate of drug-likeness (QED) is 0.927. The van der Waals surface area contributed by atoms with Gasteiger partial charge in [0.1, 0.15) is 0 Å². The SMILES string of the molecule is C[C@H]1CN(C(=O)Cc2cccs2)c2ccccc2NC1=O. The number of carbonyl (C=O) groups excluding carboxylic acids is 2. The predicted octanol–water partition coefficient (Wildman–Crippen LogP) is 2.91. The molecule has 0 bridgehead atoms. The van der Waals surface area contributed by atoms with Gasteiger partial charge in [0.05, 0.1) is 23.7 Å². The fourth-order valence-corrected chi connectivity index (χ4v) is 3.12. The molecule has 0 aliphatic carbocycles. The van der Waals surface area contributed by atoms with Crippen LogP contribution < -0.4 is 10.2 Å². The minimum absolute atomic E-state index is 0.0215. The maximum atomic E-state index is 12.6. The second-order valence-electron chi connectivity index (χ2n) is 5.17. The Hall–Kier alpha value is -2.14. The number of benzene rings is 1. The van der Waals surface area contributed by atoms with Crippen LogP contribution in [0.3, 0.4) is 0 Å². The van der Waals surface area contributed by atoms with E-state index in [2.05, 4.69) is 5.32 Å². The van der Waals surface area contributed by atoms with E-state index in [9.17, 15) is 9.59 Å². The summed E-state index contributed by atoms with van der Waals surface area (Å²) >= 11 is 1.57. The van der Waals surface area contributed by atoms with E-state index in [1.807, 2.05) is 48.7 Å². The third-order valence-corrected chi connectivity index (χ3v) is 4.44. The normalized spacial score (nSPS) is 17.9. The Kier molecular flexibility index (Phi) is 3.75. The van der Waals surface area contributed by atoms with E-state index in [4.69, 9.17) is 0 Å². The van der Waals surface area contributed by atoms with Gasteiger partial charge >= 0.3 is 0 Å². The van der Waals surface area contributed by atoms with E-state index >= 15 is 0 Å². The van der Waals surface area contributed by atoms with Crippen LogP contribution in [0.25, 0.3) is 0 Å². The van der Waals surface area contributed by atoms with Gasteiger partial charge in [0.2, 0.25) is 11.8 Å². The van der Waals surface area contributed by atoms with Crippen molar-refractivity contribution in [3.8, 4) is 0 Å². The van der Waals surface area contributed by atoms with E-state index in [-0.39, 0.29) is 17.7 Å². The van der Waals surface area contributed by atoms with Crippen LogP contribution in [0.2, 0.25) is 0 Å². The lowest BCUT2D eigenvalue weighted by atomic mass is 10.1. The number of hydrogen-bond acceptors (Lipinski definition) is 3. The van der Waals surface area contributed by atoms with Crippen molar-refractivity contribution in [2.45, 2.75) is 13.3 Å². The molecular weight excluding hydrogens is 284 g/mol. The molecule has 4 nitrogen and oxygen atoms in total. The summed E-state index contributed by atoms with van der Waals surface area (Å²) in [6.45, 7) is 2.25. The Labute approximate surface area is 127 Å². The maximum Gasteiger partial charge on any atom is 0.232 e. The van der Waals surface area contributed by atoms with Gasteiger partial charge in [-0.1, -0.05) is 25.1 Å². The first-order valence-corrected chi connectivity index (χ1v) is 7.76. The molecule has 2 amide bonds. The molecule has 1 aliphatic rings. The molecule has 1 aromatic heterocycles. The standard InChI is InChI=1S/C16H16N2O2S/c1-11-10-18(15(19)9-12-5-4-8-21-12)14-7-3-2-6-13(14)17-16(11)20/h2-8,11H,9-10H2,1H3,(H,17,20)/t11-/m0/s1. The Morgan fingerprint density at radius 3 is 2.90 bits per heavy atom. The molecule has 5 heteroatoms. The van der Waals surface area contributed by atoms with Crippen LogP contribution in [0.15, 0.2) is 41.8 Å². The number of amides is 2. The average molecular weight is 300 g/mol. The Bertz CT molecular complexity index is 667. The van der Waals surface area contributed by atoms with Gasteiger partial charge in [-0.3, -0.25) is 9.59 Å². The first-order valence-electron chi connectivity index (χ1n) is 6.88. The van der Waals surface area contributed by atoms with E-state index in [0.717, 1.165) is 10.6 Å².